The number of hydrogen-bond donors (Lipinski definition) is 1. The van der Waals surface area contributed by atoms with Crippen molar-refractivity contribution >= 4 is 23.7 Å². The van der Waals surface area contributed by atoms with E-state index in [2.05, 4.69) is 10.2 Å². The first kappa shape index (κ1) is 19.0. The summed E-state index contributed by atoms with van der Waals surface area (Å²) >= 11 is 0. The van der Waals surface area contributed by atoms with Crippen molar-refractivity contribution in [2.45, 2.75) is 32.1 Å². The summed E-state index contributed by atoms with van der Waals surface area (Å²) < 4.78 is 9.98. The first-order valence-electron chi connectivity index (χ1n) is 7.44. The van der Waals surface area contributed by atoms with Crippen molar-refractivity contribution in [1.82, 2.24) is 10.4 Å². The standard InChI is InChI=1S/C14H22N2O7/c1-21-9-10-22-8-7-15-11(17)3-2-4-14(20)23-16-12(18)5-6-13(16)19/h2-10H2,1H3,(H,15,17). The Kier molecular flexibility index (Phi) is 8.85. The number of nitrogens with one attached hydrogen (secondary N) is 1. The number of methoxy groups -OCH3 is 1. The van der Waals surface area contributed by atoms with E-state index >= 15 is 0 Å². The van der Waals surface area contributed by atoms with E-state index < -0.39 is 17.8 Å². The number of hydroxylamine groups is 2. The van der Waals surface area contributed by atoms with Gasteiger partial charge < -0.3 is 19.6 Å². The van der Waals surface area contributed by atoms with Crippen molar-refractivity contribution in [1.29, 1.82) is 0 Å². The molecule has 23 heavy (non-hydrogen) atoms. The lowest BCUT2D eigenvalue weighted by atomic mass is 10.2. The van der Waals surface area contributed by atoms with Crippen LogP contribution < -0.4 is 5.32 Å². The van der Waals surface area contributed by atoms with Gasteiger partial charge in [-0.15, -0.1) is 5.06 Å². The highest BCUT2D eigenvalue weighted by molar-refractivity contribution is 6.01. The van der Waals surface area contributed by atoms with Gasteiger partial charge in [-0.1, -0.05) is 0 Å². The van der Waals surface area contributed by atoms with Crippen LogP contribution in [-0.2, 0) is 33.5 Å². The molecule has 0 aromatic rings. The van der Waals surface area contributed by atoms with Crippen LogP contribution in [0.15, 0.2) is 0 Å². The highest BCUT2D eigenvalue weighted by Gasteiger charge is 2.32. The molecule has 0 spiro atoms. The van der Waals surface area contributed by atoms with Crippen LogP contribution >= 0.6 is 0 Å². The lowest BCUT2D eigenvalue weighted by Gasteiger charge is -2.12. The highest BCUT2D eigenvalue weighted by atomic mass is 16.7. The number of hydrogen-bond acceptors (Lipinski definition) is 7. The van der Waals surface area contributed by atoms with Crippen LogP contribution in [0, 0.1) is 0 Å². The van der Waals surface area contributed by atoms with Gasteiger partial charge in [-0.05, 0) is 6.42 Å². The number of ether oxygens (including phenoxy) is 2. The molecule has 1 heterocycles. The van der Waals surface area contributed by atoms with Gasteiger partial charge in [0.2, 0.25) is 5.91 Å². The number of amides is 3. The molecule has 0 aliphatic carbocycles. The summed E-state index contributed by atoms with van der Waals surface area (Å²) in [6.07, 6.45) is 0.483. The third kappa shape index (κ3) is 7.71. The summed E-state index contributed by atoms with van der Waals surface area (Å²) in [5.74, 6) is -1.95. The first-order valence-corrected chi connectivity index (χ1v) is 7.44. The van der Waals surface area contributed by atoms with Crippen LogP contribution in [0.3, 0.4) is 0 Å². The molecule has 130 valence electrons. The Hall–Kier alpha value is -2.00. The van der Waals surface area contributed by atoms with Gasteiger partial charge in [-0.25, -0.2) is 4.79 Å². The molecule has 0 saturated carbocycles. The zero-order chi connectivity index (χ0) is 17.1. The zero-order valence-corrected chi connectivity index (χ0v) is 13.2. The van der Waals surface area contributed by atoms with E-state index in [4.69, 9.17) is 9.47 Å². The fourth-order valence-corrected chi connectivity index (χ4v) is 1.79. The average molecular weight is 330 g/mol. The topological polar surface area (TPSA) is 111 Å². The van der Waals surface area contributed by atoms with Crippen LogP contribution in [0.4, 0.5) is 0 Å². The number of imide groups is 1. The minimum Gasteiger partial charge on any atom is -0.382 e. The third-order valence-electron chi connectivity index (χ3n) is 2.98. The predicted octanol–water partition coefficient (Wildman–Crippen LogP) is -0.457. The normalized spacial score (nSPS) is 14.2. The van der Waals surface area contributed by atoms with Gasteiger partial charge in [0.1, 0.15) is 0 Å². The fourth-order valence-electron chi connectivity index (χ4n) is 1.79. The van der Waals surface area contributed by atoms with Gasteiger partial charge >= 0.3 is 5.97 Å². The van der Waals surface area contributed by atoms with E-state index in [1.54, 1.807) is 7.11 Å². The molecule has 0 radical (unpaired) electrons. The predicted molar refractivity (Wildman–Crippen MR) is 76.7 cm³/mol. The Morgan fingerprint density at radius 1 is 1.09 bits per heavy atom. The number of rotatable bonds is 11. The van der Waals surface area contributed by atoms with Crippen molar-refractivity contribution in [2.24, 2.45) is 0 Å². The molecule has 1 rings (SSSR count). The summed E-state index contributed by atoms with van der Waals surface area (Å²) in [5, 5.41) is 3.14. The lowest BCUT2D eigenvalue weighted by molar-refractivity contribution is -0.197. The van der Waals surface area contributed by atoms with Crippen LogP contribution in [0.5, 0.6) is 0 Å². The van der Waals surface area contributed by atoms with Crippen molar-refractivity contribution in [3.63, 3.8) is 0 Å². The lowest BCUT2D eigenvalue weighted by Crippen LogP contribution is -2.32. The molecular formula is C14H22N2O7. The van der Waals surface area contributed by atoms with Gasteiger partial charge in [0, 0.05) is 39.3 Å². The summed E-state index contributed by atoms with van der Waals surface area (Å²) in [4.78, 5) is 50.2. The van der Waals surface area contributed by atoms with E-state index in [1.807, 2.05) is 0 Å². The van der Waals surface area contributed by atoms with Crippen molar-refractivity contribution < 1.29 is 33.5 Å². The Labute approximate surface area is 134 Å². The van der Waals surface area contributed by atoms with Gasteiger partial charge in [0.15, 0.2) is 0 Å². The third-order valence-corrected chi connectivity index (χ3v) is 2.98. The monoisotopic (exact) mass is 330 g/mol. The van der Waals surface area contributed by atoms with Gasteiger partial charge in [0.05, 0.1) is 19.8 Å². The molecule has 3 amide bonds. The molecule has 0 atom stereocenters. The second-order valence-electron chi connectivity index (χ2n) is 4.85. The highest BCUT2D eigenvalue weighted by Crippen LogP contribution is 2.13. The summed E-state index contributed by atoms with van der Waals surface area (Å²) in [7, 11) is 1.58. The van der Waals surface area contributed by atoms with Gasteiger partial charge in [0.25, 0.3) is 11.8 Å². The Morgan fingerprint density at radius 2 is 1.78 bits per heavy atom. The van der Waals surface area contributed by atoms with Crippen LogP contribution in [0.25, 0.3) is 0 Å². The maximum absolute atomic E-state index is 11.5. The van der Waals surface area contributed by atoms with Gasteiger partial charge in [-0.3, -0.25) is 14.4 Å². The van der Waals surface area contributed by atoms with E-state index in [-0.39, 0.29) is 38.0 Å². The van der Waals surface area contributed by atoms with Crippen LogP contribution in [-0.4, -0.2) is 62.2 Å². The largest absolute Gasteiger partial charge is 0.382 e. The summed E-state index contributed by atoms with van der Waals surface area (Å²) in [6, 6.07) is 0. The molecule has 1 aliphatic rings. The molecule has 0 aromatic heterocycles. The maximum Gasteiger partial charge on any atom is 0.333 e. The number of nitrogens with zero attached hydrogens (tertiary/aromatic N) is 1. The van der Waals surface area contributed by atoms with E-state index in [0.29, 0.717) is 31.4 Å². The van der Waals surface area contributed by atoms with Crippen molar-refractivity contribution in [3.8, 4) is 0 Å². The zero-order valence-electron chi connectivity index (χ0n) is 13.2. The number of carbonyl (C=O) groups is 4. The van der Waals surface area contributed by atoms with Gasteiger partial charge in [-0.2, -0.15) is 0 Å². The molecule has 0 aromatic carbocycles. The Bertz CT molecular complexity index is 423. The first-order chi connectivity index (χ1) is 11.0. The van der Waals surface area contributed by atoms with E-state index in [1.165, 1.54) is 0 Å². The van der Waals surface area contributed by atoms with E-state index in [0.717, 1.165) is 0 Å². The SMILES string of the molecule is COCCOCCNC(=O)CCCC(=O)ON1C(=O)CCC1=O. The van der Waals surface area contributed by atoms with Crippen LogP contribution in [0.1, 0.15) is 32.1 Å². The summed E-state index contributed by atoms with van der Waals surface area (Å²) in [5.41, 5.74) is 0. The second kappa shape index (κ2) is 10.7. The smallest absolute Gasteiger partial charge is 0.333 e. The van der Waals surface area contributed by atoms with Crippen LogP contribution in [0.2, 0.25) is 0 Å². The molecule has 1 saturated heterocycles. The minimum atomic E-state index is -0.704. The molecule has 9 heteroatoms. The summed E-state index contributed by atoms with van der Waals surface area (Å²) in [6.45, 7) is 1.73. The molecule has 0 unspecified atom stereocenters. The van der Waals surface area contributed by atoms with E-state index in [9.17, 15) is 19.2 Å². The number of carbonyl (C=O) groups excluding carboxylic acids is 4. The quantitative estimate of drug-likeness (QED) is 0.403. The average Bonchev–Trinajstić information content (AvgIpc) is 2.82. The maximum atomic E-state index is 11.5. The minimum absolute atomic E-state index is 0.0468. The molecule has 1 N–H and O–H groups in total. The van der Waals surface area contributed by atoms with Crippen molar-refractivity contribution in [2.75, 3.05) is 33.5 Å². The Balaban J connectivity index is 2.04. The molecule has 0 bridgehead atoms. The molecular weight excluding hydrogens is 308 g/mol. The molecule has 1 fully saturated rings. The fraction of sp³-hybridized carbons (Fsp3) is 0.714. The molecule has 1 aliphatic heterocycles. The Morgan fingerprint density at radius 3 is 2.43 bits per heavy atom. The van der Waals surface area contributed by atoms with Crippen molar-refractivity contribution in [3.05, 3.63) is 0 Å². The molecule has 9 nitrogen and oxygen atoms in total. The second-order valence-corrected chi connectivity index (χ2v) is 4.85.